The molecule has 1 atom stereocenters. The van der Waals surface area contributed by atoms with Crippen molar-refractivity contribution in [3.8, 4) is 0 Å². The second kappa shape index (κ2) is 20.3. The van der Waals surface area contributed by atoms with Crippen molar-refractivity contribution in [3.05, 3.63) is 0 Å². The molecule has 0 radical (unpaired) electrons. The van der Waals surface area contributed by atoms with Crippen molar-refractivity contribution in [2.75, 3.05) is 0 Å². The summed E-state index contributed by atoms with van der Waals surface area (Å²) in [7, 11) is 0. The first-order chi connectivity index (χ1) is 12.2. The normalized spacial score (nSPS) is 12.8. The van der Waals surface area contributed by atoms with Crippen molar-refractivity contribution in [2.24, 2.45) is 11.8 Å². The van der Waals surface area contributed by atoms with E-state index < -0.39 is 0 Å². The maximum absolute atomic E-state index is 2.35. The molecule has 0 rings (SSSR count). The van der Waals surface area contributed by atoms with E-state index in [2.05, 4.69) is 27.7 Å². The second-order valence-electron chi connectivity index (χ2n) is 9.01. The van der Waals surface area contributed by atoms with Gasteiger partial charge in [0, 0.05) is 0 Å². The van der Waals surface area contributed by atoms with Crippen molar-refractivity contribution in [1.29, 1.82) is 0 Å². The third-order valence-electron chi connectivity index (χ3n) is 5.83. The van der Waals surface area contributed by atoms with Crippen LogP contribution >= 0.6 is 0 Å². The Morgan fingerprint density at radius 3 is 1.20 bits per heavy atom. The molecule has 0 saturated carbocycles. The molecule has 0 aliphatic rings. The van der Waals surface area contributed by atoms with Gasteiger partial charge in [0.2, 0.25) is 0 Å². The molecule has 25 heavy (non-hydrogen) atoms. The third-order valence-corrected chi connectivity index (χ3v) is 5.83. The lowest BCUT2D eigenvalue weighted by atomic mass is 9.90. The van der Waals surface area contributed by atoms with Crippen molar-refractivity contribution < 1.29 is 0 Å². The summed E-state index contributed by atoms with van der Waals surface area (Å²) in [6.45, 7) is 9.35. The molecule has 0 aromatic rings. The highest BCUT2D eigenvalue weighted by atomic mass is 14.1. The zero-order chi connectivity index (χ0) is 18.6. The Balaban J connectivity index is 3.44. The molecule has 0 aliphatic carbocycles. The minimum atomic E-state index is 0.896. The van der Waals surface area contributed by atoms with E-state index >= 15 is 0 Å². The summed E-state index contributed by atoms with van der Waals surface area (Å²) in [6.07, 6.45) is 27.9. The van der Waals surface area contributed by atoms with Crippen LogP contribution in [0.5, 0.6) is 0 Å². The fourth-order valence-corrected chi connectivity index (χ4v) is 4.01. The largest absolute Gasteiger partial charge is 0.0654 e. The Kier molecular flexibility index (Phi) is 20.3. The molecule has 0 heteroatoms. The predicted octanol–water partition coefficient (Wildman–Crippen LogP) is 9.71. The number of hydrogen-bond donors (Lipinski definition) is 0. The average molecular weight is 353 g/mol. The van der Waals surface area contributed by atoms with Crippen LogP contribution in [0.2, 0.25) is 0 Å². The van der Waals surface area contributed by atoms with Gasteiger partial charge >= 0.3 is 0 Å². The molecule has 1 unspecified atom stereocenters. The molecule has 0 nitrogen and oxygen atoms in total. The molecule has 0 bridgehead atoms. The molecule has 0 aliphatic heterocycles. The molecule has 0 N–H and O–H groups in total. The van der Waals surface area contributed by atoms with Gasteiger partial charge in [0.25, 0.3) is 0 Å². The highest BCUT2D eigenvalue weighted by molar-refractivity contribution is 4.61. The van der Waals surface area contributed by atoms with Crippen molar-refractivity contribution in [2.45, 2.75) is 150 Å². The highest BCUT2D eigenvalue weighted by Crippen LogP contribution is 2.23. The summed E-state index contributed by atoms with van der Waals surface area (Å²) in [4.78, 5) is 0. The van der Waals surface area contributed by atoms with Gasteiger partial charge in [-0.3, -0.25) is 0 Å². The highest BCUT2D eigenvalue weighted by Gasteiger charge is 2.08. The minimum Gasteiger partial charge on any atom is -0.0654 e. The van der Waals surface area contributed by atoms with E-state index in [0.717, 1.165) is 11.8 Å². The smallest absolute Gasteiger partial charge is 0.0414 e. The van der Waals surface area contributed by atoms with E-state index in [1.165, 1.54) is 122 Å². The molecule has 0 spiro atoms. The Morgan fingerprint density at radius 1 is 0.400 bits per heavy atom. The Labute approximate surface area is 161 Å². The number of hydrogen-bond acceptors (Lipinski definition) is 0. The number of rotatable bonds is 20. The number of unbranched alkanes of at least 4 members (excludes halogenated alkanes) is 12. The van der Waals surface area contributed by atoms with Crippen LogP contribution in [-0.4, -0.2) is 0 Å². The molecular formula is C25H52. The summed E-state index contributed by atoms with van der Waals surface area (Å²) in [5, 5.41) is 0. The quantitative estimate of drug-likeness (QED) is 0.191. The first kappa shape index (κ1) is 25.0. The first-order valence-electron chi connectivity index (χ1n) is 12.2. The second-order valence-corrected chi connectivity index (χ2v) is 9.01. The molecule has 0 aromatic carbocycles. The lowest BCUT2D eigenvalue weighted by Crippen LogP contribution is -2.01. The van der Waals surface area contributed by atoms with Gasteiger partial charge in [-0.1, -0.05) is 150 Å². The lowest BCUT2D eigenvalue weighted by Gasteiger charge is -2.16. The van der Waals surface area contributed by atoms with Crippen LogP contribution in [0, 0.1) is 11.8 Å². The Hall–Kier alpha value is 0. The van der Waals surface area contributed by atoms with Crippen molar-refractivity contribution in [3.63, 3.8) is 0 Å². The summed E-state index contributed by atoms with van der Waals surface area (Å²) in [5.41, 5.74) is 0. The Bertz CT molecular complexity index is 230. The Morgan fingerprint density at radius 2 is 0.760 bits per heavy atom. The molecule has 0 heterocycles. The van der Waals surface area contributed by atoms with Gasteiger partial charge in [0.05, 0.1) is 0 Å². The molecule has 0 fully saturated rings. The molecule has 152 valence electrons. The van der Waals surface area contributed by atoms with Gasteiger partial charge < -0.3 is 0 Å². The summed E-state index contributed by atoms with van der Waals surface area (Å²) >= 11 is 0. The van der Waals surface area contributed by atoms with E-state index in [1.54, 1.807) is 0 Å². The summed E-state index contributed by atoms with van der Waals surface area (Å²) < 4.78 is 0. The van der Waals surface area contributed by atoms with Crippen LogP contribution in [-0.2, 0) is 0 Å². The fraction of sp³-hybridized carbons (Fsp3) is 1.00. The van der Waals surface area contributed by atoms with Crippen molar-refractivity contribution >= 4 is 0 Å². The van der Waals surface area contributed by atoms with Crippen LogP contribution < -0.4 is 0 Å². The maximum atomic E-state index is 2.35. The van der Waals surface area contributed by atoms with Gasteiger partial charge in [-0.15, -0.1) is 0 Å². The maximum Gasteiger partial charge on any atom is -0.0414 e. The van der Waals surface area contributed by atoms with Crippen LogP contribution in [0.15, 0.2) is 0 Å². The van der Waals surface area contributed by atoms with Crippen LogP contribution in [0.4, 0.5) is 0 Å². The van der Waals surface area contributed by atoms with E-state index in [-0.39, 0.29) is 0 Å². The van der Waals surface area contributed by atoms with Crippen LogP contribution in [0.1, 0.15) is 150 Å². The van der Waals surface area contributed by atoms with E-state index in [1.807, 2.05) is 0 Å². The zero-order valence-corrected chi connectivity index (χ0v) is 18.6. The van der Waals surface area contributed by atoms with E-state index in [9.17, 15) is 0 Å². The standard InChI is InChI=1S/C25H52/c1-5-7-9-18-22-25(21-8-6-2)23-19-16-14-12-10-11-13-15-17-20-24(3)4/h24-25H,5-23H2,1-4H3. The molecule has 0 amide bonds. The molecule has 0 saturated heterocycles. The SMILES string of the molecule is CCCCCCC(CCCC)CCCCCCCCCCCC(C)C. The zero-order valence-electron chi connectivity index (χ0n) is 18.6. The van der Waals surface area contributed by atoms with Gasteiger partial charge in [0.1, 0.15) is 0 Å². The summed E-state index contributed by atoms with van der Waals surface area (Å²) in [5.74, 6) is 1.94. The van der Waals surface area contributed by atoms with E-state index in [0.29, 0.717) is 0 Å². The molecular weight excluding hydrogens is 300 g/mol. The van der Waals surface area contributed by atoms with Gasteiger partial charge in [-0.05, 0) is 11.8 Å². The lowest BCUT2D eigenvalue weighted by molar-refractivity contribution is 0.371. The monoisotopic (exact) mass is 352 g/mol. The first-order valence-corrected chi connectivity index (χ1v) is 12.2. The topological polar surface area (TPSA) is 0 Å². The van der Waals surface area contributed by atoms with Crippen LogP contribution in [0.25, 0.3) is 0 Å². The van der Waals surface area contributed by atoms with E-state index in [4.69, 9.17) is 0 Å². The van der Waals surface area contributed by atoms with Gasteiger partial charge in [0.15, 0.2) is 0 Å². The summed E-state index contributed by atoms with van der Waals surface area (Å²) in [6, 6.07) is 0. The predicted molar refractivity (Wildman–Crippen MR) is 117 cm³/mol. The van der Waals surface area contributed by atoms with Crippen LogP contribution in [0.3, 0.4) is 0 Å². The fourth-order valence-electron chi connectivity index (χ4n) is 4.01. The van der Waals surface area contributed by atoms with Crippen molar-refractivity contribution in [1.82, 2.24) is 0 Å². The average Bonchev–Trinajstić information content (AvgIpc) is 2.60. The van der Waals surface area contributed by atoms with Gasteiger partial charge in [-0.2, -0.15) is 0 Å². The molecule has 0 aromatic heterocycles. The minimum absolute atomic E-state index is 0.896. The third kappa shape index (κ3) is 20.2. The van der Waals surface area contributed by atoms with Gasteiger partial charge in [-0.25, -0.2) is 0 Å².